The molecule has 1 atom stereocenters. The standard InChI is InChI=1S/C26H31NO6/c1-16(2)15-33-21-11-8-19(14-17(21)3)24(29)22-23(18-6-9-20(28)10-7-18)27(12-5-13-32-4)26(31)25(22)30/h6-11,14,16,23,28-29H,5,12-13,15H2,1-4H3. The molecule has 2 aromatic carbocycles. The molecule has 1 aliphatic heterocycles. The molecule has 7 nitrogen and oxygen atoms in total. The summed E-state index contributed by atoms with van der Waals surface area (Å²) in [6, 6.07) is 10.7. The predicted molar refractivity (Wildman–Crippen MR) is 125 cm³/mol. The van der Waals surface area contributed by atoms with E-state index in [0.717, 1.165) is 5.56 Å². The molecule has 3 rings (SSSR count). The number of carbonyl (C=O) groups is 2. The van der Waals surface area contributed by atoms with Crippen LogP contribution in [0.15, 0.2) is 48.0 Å². The summed E-state index contributed by atoms with van der Waals surface area (Å²) in [5, 5.41) is 20.9. The fourth-order valence-corrected chi connectivity index (χ4v) is 3.86. The van der Waals surface area contributed by atoms with Crippen molar-refractivity contribution in [2.75, 3.05) is 26.9 Å². The largest absolute Gasteiger partial charge is 0.508 e. The van der Waals surface area contributed by atoms with Crippen molar-refractivity contribution in [2.45, 2.75) is 33.2 Å². The van der Waals surface area contributed by atoms with Crippen molar-refractivity contribution in [1.29, 1.82) is 0 Å². The highest BCUT2D eigenvalue weighted by Gasteiger charge is 2.45. The van der Waals surface area contributed by atoms with Crippen molar-refractivity contribution in [1.82, 2.24) is 4.90 Å². The Morgan fingerprint density at radius 3 is 2.42 bits per heavy atom. The van der Waals surface area contributed by atoms with Crippen LogP contribution in [0.25, 0.3) is 5.76 Å². The number of benzene rings is 2. The number of aliphatic hydroxyl groups is 1. The Morgan fingerprint density at radius 2 is 1.82 bits per heavy atom. The first-order valence-electron chi connectivity index (χ1n) is 11.0. The molecule has 2 aromatic rings. The second-order valence-electron chi connectivity index (χ2n) is 8.62. The maximum absolute atomic E-state index is 13.0. The number of aliphatic hydroxyl groups excluding tert-OH is 1. The lowest BCUT2D eigenvalue weighted by Gasteiger charge is -2.25. The van der Waals surface area contributed by atoms with E-state index in [1.807, 2.05) is 6.92 Å². The first kappa shape index (κ1) is 24.3. The van der Waals surface area contributed by atoms with Crippen molar-refractivity contribution in [2.24, 2.45) is 5.92 Å². The Bertz CT molecular complexity index is 1040. The number of likely N-dealkylation sites (tertiary alicyclic amines) is 1. The van der Waals surface area contributed by atoms with Gasteiger partial charge in [0.2, 0.25) is 0 Å². The molecule has 176 valence electrons. The summed E-state index contributed by atoms with van der Waals surface area (Å²) in [6.45, 7) is 7.28. The Morgan fingerprint density at radius 1 is 1.12 bits per heavy atom. The van der Waals surface area contributed by atoms with Crippen LogP contribution >= 0.6 is 0 Å². The summed E-state index contributed by atoms with van der Waals surface area (Å²) < 4.78 is 10.9. The maximum Gasteiger partial charge on any atom is 0.295 e. The number of hydrogen-bond acceptors (Lipinski definition) is 6. The Kier molecular flexibility index (Phi) is 7.76. The molecule has 1 amide bonds. The summed E-state index contributed by atoms with van der Waals surface area (Å²) in [6.07, 6.45) is 0.541. The van der Waals surface area contributed by atoms with E-state index in [-0.39, 0.29) is 17.1 Å². The number of Topliss-reactive ketones (excluding diaryl/α,β-unsaturated/α-hetero) is 1. The van der Waals surface area contributed by atoms with Crippen LogP contribution in [-0.2, 0) is 14.3 Å². The fraction of sp³-hybridized carbons (Fsp3) is 0.385. The van der Waals surface area contributed by atoms with Crippen LogP contribution in [0, 0.1) is 12.8 Å². The smallest absolute Gasteiger partial charge is 0.295 e. The summed E-state index contributed by atoms with van der Waals surface area (Å²) in [5.41, 5.74) is 1.90. The second-order valence-corrected chi connectivity index (χ2v) is 8.62. The van der Waals surface area contributed by atoms with Crippen LogP contribution in [0.3, 0.4) is 0 Å². The molecule has 0 aromatic heterocycles. The van der Waals surface area contributed by atoms with E-state index in [9.17, 15) is 19.8 Å². The van der Waals surface area contributed by atoms with Gasteiger partial charge in [-0.15, -0.1) is 0 Å². The first-order chi connectivity index (χ1) is 15.7. The number of methoxy groups -OCH3 is 1. The van der Waals surface area contributed by atoms with Crippen LogP contribution in [0.2, 0.25) is 0 Å². The number of carbonyl (C=O) groups excluding carboxylic acids is 2. The van der Waals surface area contributed by atoms with E-state index >= 15 is 0 Å². The van der Waals surface area contributed by atoms with Crippen molar-refractivity contribution in [3.63, 3.8) is 0 Å². The van der Waals surface area contributed by atoms with E-state index in [0.29, 0.717) is 49.0 Å². The van der Waals surface area contributed by atoms with Gasteiger partial charge in [-0.05, 0) is 60.7 Å². The number of ether oxygens (including phenoxy) is 2. The molecule has 1 aliphatic rings. The van der Waals surface area contributed by atoms with Crippen molar-refractivity contribution < 1.29 is 29.3 Å². The van der Waals surface area contributed by atoms with Gasteiger partial charge in [0.15, 0.2) is 0 Å². The second kappa shape index (κ2) is 10.5. The van der Waals surface area contributed by atoms with Gasteiger partial charge in [-0.3, -0.25) is 9.59 Å². The molecule has 0 saturated carbocycles. The lowest BCUT2D eigenvalue weighted by Crippen LogP contribution is -2.31. The minimum Gasteiger partial charge on any atom is -0.508 e. The van der Waals surface area contributed by atoms with Gasteiger partial charge in [0, 0.05) is 25.8 Å². The number of rotatable bonds is 9. The van der Waals surface area contributed by atoms with Crippen LogP contribution in [0.1, 0.15) is 43.0 Å². The van der Waals surface area contributed by atoms with Gasteiger partial charge >= 0.3 is 0 Å². The third kappa shape index (κ3) is 5.37. The molecule has 0 radical (unpaired) electrons. The van der Waals surface area contributed by atoms with Crippen molar-refractivity contribution in [3.8, 4) is 11.5 Å². The topological polar surface area (TPSA) is 96.3 Å². The van der Waals surface area contributed by atoms with Gasteiger partial charge in [-0.25, -0.2) is 0 Å². The quantitative estimate of drug-likeness (QED) is 0.256. The number of phenols is 1. The molecular formula is C26H31NO6. The number of amides is 1. The Balaban J connectivity index is 2.04. The van der Waals surface area contributed by atoms with Gasteiger partial charge in [0.05, 0.1) is 18.2 Å². The highest BCUT2D eigenvalue weighted by molar-refractivity contribution is 6.46. The van der Waals surface area contributed by atoms with Crippen LogP contribution in [0.4, 0.5) is 0 Å². The molecule has 0 bridgehead atoms. The van der Waals surface area contributed by atoms with Gasteiger partial charge in [-0.2, -0.15) is 0 Å². The molecular weight excluding hydrogens is 422 g/mol. The minimum absolute atomic E-state index is 0.0263. The van der Waals surface area contributed by atoms with Crippen LogP contribution in [-0.4, -0.2) is 53.7 Å². The highest BCUT2D eigenvalue weighted by Crippen LogP contribution is 2.40. The zero-order valence-corrected chi connectivity index (χ0v) is 19.5. The summed E-state index contributed by atoms with van der Waals surface area (Å²) in [4.78, 5) is 27.4. The van der Waals surface area contributed by atoms with Gasteiger partial charge in [-0.1, -0.05) is 26.0 Å². The minimum atomic E-state index is -0.764. The SMILES string of the molecule is COCCCN1C(=O)C(=O)C(=C(O)c2ccc(OCC(C)C)c(C)c2)C1c1ccc(O)cc1. The van der Waals surface area contributed by atoms with Gasteiger partial charge in [0.1, 0.15) is 17.3 Å². The zero-order valence-electron chi connectivity index (χ0n) is 19.5. The molecule has 7 heteroatoms. The maximum atomic E-state index is 13.0. The first-order valence-corrected chi connectivity index (χ1v) is 11.0. The summed E-state index contributed by atoms with van der Waals surface area (Å²) in [5.74, 6) is -0.491. The average molecular weight is 454 g/mol. The number of hydrogen-bond donors (Lipinski definition) is 2. The van der Waals surface area contributed by atoms with Crippen molar-refractivity contribution >= 4 is 17.4 Å². The highest BCUT2D eigenvalue weighted by atomic mass is 16.5. The lowest BCUT2D eigenvalue weighted by atomic mass is 9.94. The molecule has 1 fully saturated rings. The van der Waals surface area contributed by atoms with Crippen LogP contribution < -0.4 is 4.74 Å². The van der Waals surface area contributed by atoms with E-state index in [1.165, 1.54) is 17.0 Å². The number of nitrogens with zero attached hydrogens (tertiary/aromatic N) is 1. The number of phenolic OH excluding ortho intramolecular Hbond substituents is 1. The molecule has 0 aliphatic carbocycles. The molecule has 1 unspecified atom stereocenters. The monoisotopic (exact) mass is 453 g/mol. The molecule has 1 heterocycles. The third-order valence-corrected chi connectivity index (χ3v) is 5.52. The van der Waals surface area contributed by atoms with Crippen molar-refractivity contribution in [3.05, 3.63) is 64.7 Å². The number of ketones is 1. The van der Waals surface area contributed by atoms with E-state index < -0.39 is 17.7 Å². The number of aromatic hydroxyl groups is 1. The Labute approximate surface area is 194 Å². The van der Waals surface area contributed by atoms with E-state index in [2.05, 4.69) is 13.8 Å². The summed E-state index contributed by atoms with van der Waals surface area (Å²) >= 11 is 0. The average Bonchev–Trinajstić information content (AvgIpc) is 3.03. The number of aryl methyl sites for hydroxylation is 1. The van der Waals surface area contributed by atoms with E-state index in [1.54, 1.807) is 37.4 Å². The zero-order chi connectivity index (χ0) is 24.1. The summed E-state index contributed by atoms with van der Waals surface area (Å²) in [7, 11) is 1.57. The third-order valence-electron chi connectivity index (χ3n) is 5.52. The predicted octanol–water partition coefficient (Wildman–Crippen LogP) is 4.19. The normalized spacial score (nSPS) is 17.7. The fourth-order valence-electron chi connectivity index (χ4n) is 3.86. The molecule has 1 saturated heterocycles. The molecule has 33 heavy (non-hydrogen) atoms. The van der Waals surface area contributed by atoms with Crippen LogP contribution in [0.5, 0.6) is 11.5 Å². The molecule has 2 N–H and O–H groups in total. The van der Waals surface area contributed by atoms with Gasteiger partial charge in [0.25, 0.3) is 11.7 Å². The lowest BCUT2D eigenvalue weighted by molar-refractivity contribution is -0.140. The van der Waals surface area contributed by atoms with E-state index in [4.69, 9.17) is 9.47 Å². The molecule has 0 spiro atoms. The van der Waals surface area contributed by atoms with Gasteiger partial charge < -0.3 is 24.6 Å². The Hall–Kier alpha value is -3.32.